The van der Waals surface area contributed by atoms with Crippen molar-refractivity contribution in [2.24, 2.45) is 0 Å². The van der Waals surface area contributed by atoms with E-state index in [1.54, 1.807) is 0 Å². The lowest BCUT2D eigenvalue weighted by molar-refractivity contribution is -0.167. The summed E-state index contributed by atoms with van der Waals surface area (Å²) in [5, 5.41) is 0. The highest BCUT2D eigenvalue weighted by Crippen LogP contribution is 2.14. The van der Waals surface area contributed by atoms with Gasteiger partial charge in [-0.2, -0.15) is 0 Å². The van der Waals surface area contributed by atoms with Crippen molar-refractivity contribution < 1.29 is 28.6 Å². The Bertz CT molecular complexity index is 1110. The van der Waals surface area contributed by atoms with E-state index in [-0.39, 0.29) is 31.1 Å². The predicted octanol–water partition coefficient (Wildman–Crippen LogP) is 15.5. The van der Waals surface area contributed by atoms with Gasteiger partial charge >= 0.3 is 17.9 Å². The van der Waals surface area contributed by atoms with Crippen LogP contribution in [-0.4, -0.2) is 37.2 Å². The van der Waals surface area contributed by atoms with Gasteiger partial charge in [0.05, 0.1) is 0 Å². The zero-order valence-corrected chi connectivity index (χ0v) is 37.8. The molecule has 0 rings (SSSR count). The zero-order chi connectivity index (χ0) is 42.3. The highest BCUT2D eigenvalue weighted by atomic mass is 16.6. The van der Waals surface area contributed by atoms with Crippen LogP contribution in [0.5, 0.6) is 0 Å². The highest BCUT2D eigenvalue weighted by molar-refractivity contribution is 5.71. The Hall–Kier alpha value is -3.15. The van der Waals surface area contributed by atoms with Crippen LogP contribution in [0.15, 0.2) is 72.9 Å². The molecule has 6 nitrogen and oxygen atoms in total. The van der Waals surface area contributed by atoms with Crippen molar-refractivity contribution in [1.29, 1.82) is 0 Å². The third-order valence-corrected chi connectivity index (χ3v) is 9.99. The molecule has 1 unspecified atom stereocenters. The molecule has 0 bridgehead atoms. The second kappa shape index (κ2) is 46.5. The maximum atomic E-state index is 12.7. The van der Waals surface area contributed by atoms with Crippen molar-refractivity contribution in [1.82, 2.24) is 0 Å². The monoisotopic (exact) mass is 809 g/mol. The summed E-state index contributed by atoms with van der Waals surface area (Å²) >= 11 is 0. The number of carbonyl (C=O) groups is 3. The minimum atomic E-state index is -0.792. The van der Waals surface area contributed by atoms with Gasteiger partial charge in [-0.1, -0.05) is 184 Å². The molecule has 0 spiro atoms. The summed E-state index contributed by atoms with van der Waals surface area (Å²) in [6.07, 6.45) is 57.4. The summed E-state index contributed by atoms with van der Waals surface area (Å²) in [5.74, 6) is -0.935. The maximum Gasteiger partial charge on any atom is 0.306 e. The van der Waals surface area contributed by atoms with Crippen LogP contribution in [0, 0.1) is 0 Å². The van der Waals surface area contributed by atoms with Crippen molar-refractivity contribution in [3.05, 3.63) is 72.9 Å². The molecule has 0 N–H and O–H groups in total. The van der Waals surface area contributed by atoms with Gasteiger partial charge in [-0.15, -0.1) is 0 Å². The lowest BCUT2D eigenvalue weighted by atomic mass is 10.1. The fourth-order valence-corrected chi connectivity index (χ4v) is 6.41. The minimum absolute atomic E-state index is 0.0913. The second-order valence-corrected chi connectivity index (χ2v) is 15.7. The Morgan fingerprint density at radius 3 is 1.24 bits per heavy atom. The summed E-state index contributed by atoms with van der Waals surface area (Å²) < 4.78 is 16.7. The normalized spacial score (nSPS) is 12.7. The molecule has 0 saturated carbocycles. The molecule has 0 fully saturated rings. The number of hydrogen-bond donors (Lipinski definition) is 0. The van der Waals surface area contributed by atoms with Crippen molar-refractivity contribution in [3.63, 3.8) is 0 Å². The third kappa shape index (κ3) is 44.0. The van der Waals surface area contributed by atoms with E-state index in [4.69, 9.17) is 14.2 Å². The van der Waals surface area contributed by atoms with Gasteiger partial charge in [0.1, 0.15) is 13.2 Å². The van der Waals surface area contributed by atoms with Crippen LogP contribution in [0.1, 0.15) is 220 Å². The summed E-state index contributed by atoms with van der Waals surface area (Å²) in [6, 6.07) is 0. The molecule has 0 heterocycles. The number of carbonyl (C=O) groups excluding carboxylic acids is 3. The quantitative estimate of drug-likeness (QED) is 0.0201. The van der Waals surface area contributed by atoms with Crippen molar-refractivity contribution in [2.75, 3.05) is 13.2 Å². The summed E-state index contributed by atoms with van der Waals surface area (Å²) in [6.45, 7) is 6.34. The molecule has 332 valence electrons. The molecule has 0 aliphatic heterocycles. The first-order valence-electron chi connectivity index (χ1n) is 24.0. The van der Waals surface area contributed by atoms with Gasteiger partial charge in [-0.05, 0) is 89.9 Å². The summed E-state index contributed by atoms with van der Waals surface area (Å²) in [4.78, 5) is 37.8. The van der Waals surface area contributed by atoms with Crippen molar-refractivity contribution in [2.45, 2.75) is 226 Å². The molecule has 0 amide bonds. The molecule has 6 heteroatoms. The van der Waals surface area contributed by atoms with E-state index in [2.05, 4.69) is 93.7 Å². The number of unbranched alkanes of at least 4 members (excludes halogenated alkanes) is 21. The Morgan fingerprint density at radius 1 is 0.379 bits per heavy atom. The first-order chi connectivity index (χ1) is 28.5. The van der Waals surface area contributed by atoms with Crippen LogP contribution in [0.3, 0.4) is 0 Å². The van der Waals surface area contributed by atoms with Gasteiger partial charge in [0, 0.05) is 19.3 Å². The molecule has 0 aromatic carbocycles. The molecule has 0 aliphatic rings. The number of allylic oxidation sites excluding steroid dienone is 12. The smallest absolute Gasteiger partial charge is 0.306 e. The zero-order valence-electron chi connectivity index (χ0n) is 37.8. The minimum Gasteiger partial charge on any atom is -0.462 e. The topological polar surface area (TPSA) is 78.9 Å². The van der Waals surface area contributed by atoms with Crippen LogP contribution in [0.2, 0.25) is 0 Å². The van der Waals surface area contributed by atoms with E-state index in [0.29, 0.717) is 19.3 Å². The van der Waals surface area contributed by atoms with Crippen LogP contribution in [0.25, 0.3) is 0 Å². The molecular weight excluding hydrogens is 721 g/mol. The van der Waals surface area contributed by atoms with Crippen molar-refractivity contribution >= 4 is 17.9 Å². The SMILES string of the molecule is CC\C=C/C=C\C=C/CCCCCCCC(=O)OC(COC(=O)CCCCCCC/C=C\C/C=C\CC)COC(=O)CCCCCCCCC/C=C\CCCCCC. The van der Waals surface area contributed by atoms with Gasteiger partial charge in [0.15, 0.2) is 6.10 Å². The highest BCUT2D eigenvalue weighted by Gasteiger charge is 2.19. The number of rotatable bonds is 42. The van der Waals surface area contributed by atoms with Gasteiger partial charge < -0.3 is 14.2 Å². The number of esters is 3. The Kier molecular flexibility index (Phi) is 44.0. The van der Waals surface area contributed by atoms with Crippen LogP contribution in [0.4, 0.5) is 0 Å². The molecule has 0 saturated heterocycles. The van der Waals surface area contributed by atoms with E-state index in [9.17, 15) is 14.4 Å². The standard InChI is InChI=1S/C52H88O6/c1-4-7-10-13-16-19-22-25-26-28-30-33-36-39-42-45-51(54)57-48-49(47-56-50(53)44-41-38-35-32-29-24-21-18-15-12-9-6-3)58-52(55)46-43-40-37-34-31-27-23-20-17-14-11-8-5-2/h8-9,11-12,14,17-23,49H,4-7,10,13,15-16,24-48H2,1-3H3/b11-8-,12-9-,17-14-,21-18-,22-19-,23-20-. The molecule has 0 aliphatic carbocycles. The largest absolute Gasteiger partial charge is 0.462 e. The molecule has 1 atom stereocenters. The molecule has 58 heavy (non-hydrogen) atoms. The number of ether oxygens (including phenoxy) is 3. The fraction of sp³-hybridized carbons (Fsp3) is 0.712. The maximum absolute atomic E-state index is 12.7. The van der Waals surface area contributed by atoms with Gasteiger partial charge in [0.2, 0.25) is 0 Å². The first-order valence-corrected chi connectivity index (χ1v) is 24.0. The number of hydrogen-bond acceptors (Lipinski definition) is 6. The van der Waals surface area contributed by atoms with E-state index >= 15 is 0 Å². The lowest BCUT2D eigenvalue weighted by Crippen LogP contribution is -2.30. The lowest BCUT2D eigenvalue weighted by Gasteiger charge is -2.18. The summed E-state index contributed by atoms with van der Waals surface area (Å²) in [7, 11) is 0. The molecule has 0 radical (unpaired) electrons. The fourth-order valence-electron chi connectivity index (χ4n) is 6.41. The molecule has 0 aromatic heterocycles. The van der Waals surface area contributed by atoms with Crippen molar-refractivity contribution in [3.8, 4) is 0 Å². The van der Waals surface area contributed by atoms with E-state index in [1.807, 2.05) is 0 Å². The average molecular weight is 809 g/mol. The van der Waals surface area contributed by atoms with Gasteiger partial charge in [0.25, 0.3) is 0 Å². The van der Waals surface area contributed by atoms with Crippen LogP contribution in [-0.2, 0) is 28.6 Å². The second-order valence-electron chi connectivity index (χ2n) is 15.7. The van der Waals surface area contributed by atoms with Gasteiger partial charge in [-0.3, -0.25) is 14.4 Å². The van der Waals surface area contributed by atoms with Crippen LogP contribution < -0.4 is 0 Å². The summed E-state index contributed by atoms with van der Waals surface area (Å²) in [5.41, 5.74) is 0. The predicted molar refractivity (Wildman–Crippen MR) is 247 cm³/mol. The first kappa shape index (κ1) is 54.9. The Balaban J connectivity index is 4.43. The average Bonchev–Trinajstić information content (AvgIpc) is 3.22. The van der Waals surface area contributed by atoms with E-state index < -0.39 is 6.10 Å². The van der Waals surface area contributed by atoms with Crippen LogP contribution >= 0.6 is 0 Å². The van der Waals surface area contributed by atoms with E-state index in [0.717, 1.165) is 116 Å². The van der Waals surface area contributed by atoms with E-state index in [1.165, 1.54) is 64.2 Å². The van der Waals surface area contributed by atoms with Gasteiger partial charge in [-0.25, -0.2) is 0 Å². The Morgan fingerprint density at radius 2 is 0.759 bits per heavy atom. The Labute approximate surface area is 357 Å². The molecular formula is C52H88O6. The third-order valence-electron chi connectivity index (χ3n) is 9.99. The molecule has 0 aromatic rings.